The first-order chi connectivity index (χ1) is 13.0. The summed E-state index contributed by atoms with van der Waals surface area (Å²) in [5.41, 5.74) is 1.77. The van der Waals surface area contributed by atoms with Crippen LogP contribution in [0.4, 0.5) is 0 Å². The highest BCUT2D eigenvalue weighted by molar-refractivity contribution is 6.31. The van der Waals surface area contributed by atoms with E-state index in [-0.39, 0.29) is 5.92 Å². The van der Waals surface area contributed by atoms with Crippen LogP contribution in [0.1, 0.15) is 51.2 Å². The summed E-state index contributed by atoms with van der Waals surface area (Å²) in [6.45, 7) is 9.49. The summed E-state index contributed by atoms with van der Waals surface area (Å²) in [7, 11) is 0. The van der Waals surface area contributed by atoms with Gasteiger partial charge in [-0.25, -0.2) is 0 Å². The van der Waals surface area contributed by atoms with Crippen LogP contribution in [0.25, 0.3) is 0 Å². The highest BCUT2D eigenvalue weighted by atomic mass is 35.5. The van der Waals surface area contributed by atoms with Gasteiger partial charge in [-0.2, -0.15) is 5.26 Å². The van der Waals surface area contributed by atoms with Crippen LogP contribution in [0.15, 0.2) is 54.6 Å². The third kappa shape index (κ3) is 5.58. The Kier molecular flexibility index (Phi) is 8.35. The van der Waals surface area contributed by atoms with Crippen LogP contribution in [-0.4, -0.2) is 18.0 Å². The smallest absolute Gasteiger partial charge is 0.0859 e. The summed E-state index contributed by atoms with van der Waals surface area (Å²) in [5.74, 6) is 0.205. The first-order valence-corrected chi connectivity index (χ1v) is 10.3. The highest BCUT2D eigenvalue weighted by Gasteiger charge is 2.37. The predicted molar refractivity (Wildman–Crippen MR) is 115 cm³/mol. The Bertz CT molecular complexity index is 736. The largest absolute Gasteiger partial charge is 0.299 e. The van der Waals surface area contributed by atoms with Gasteiger partial charge in [0.2, 0.25) is 0 Å². The molecule has 0 spiro atoms. The van der Waals surface area contributed by atoms with Crippen LogP contribution in [0.2, 0.25) is 5.02 Å². The molecule has 0 N–H and O–H groups in total. The van der Waals surface area contributed by atoms with E-state index in [1.54, 1.807) is 0 Å². The van der Waals surface area contributed by atoms with Crippen molar-refractivity contribution in [3.63, 3.8) is 0 Å². The number of halogens is 1. The van der Waals surface area contributed by atoms with Crippen LogP contribution in [-0.2, 0) is 12.0 Å². The third-order valence-corrected chi connectivity index (χ3v) is 5.70. The molecule has 2 rings (SSSR count). The van der Waals surface area contributed by atoms with Crippen LogP contribution in [0.3, 0.4) is 0 Å². The summed E-state index contributed by atoms with van der Waals surface area (Å²) < 4.78 is 0. The van der Waals surface area contributed by atoms with Gasteiger partial charge in [-0.15, -0.1) is 0 Å². The fourth-order valence-corrected chi connectivity index (χ4v) is 4.12. The minimum absolute atomic E-state index is 0.205. The van der Waals surface area contributed by atoms with E-state index in [1.807, 2.05) is 24.3 Å². The molecule has 0 radical (unpaired) electrons. The molecule has 1 atom stereocenters. The Morgan fingerprint density at radius 1 is 1.04 bits per heavy atom. The zero-order valence-corrected chi connectivity index (χ0v) is 17.5. The van der Waals surface area contributed by atoms with E-state index in [4.69, 9.17) is 11.6 Å². The molecule has 2 nitrogen and oxygen atoms in total. The van der Waals surface area contributed by atoms with Gasteiger partial charge < -0.3 is 0 Å². The van der Waals surface area contributed by atoms with E-state index in [9.17, 15) is 5.26 Å². The summed E-state index contributed by atoms with van der Waals surface area (Å²) in [5, 5.41) is 10.8. The fraction of sp³-hybridized carbons (Fsp3) is 0.458. The maximum Gasteiger partial charge on any atom is 0.0859 e. The van der Waals surface area contributed by atoms with Crippen LogP contribution in [0.5, 0.6) is 0 Å². The SMILES string of the molecule is CCCN(CCCC(C#N)(c1ccccc1Cl)C(C)C)Cc1ccccc1. The topological polar surface area (TPSA) is 27.0 Å². The second-order valence-electron chi connectivity index (χ2n) is 7.58. The summed E-state index contributed by atoms with van der Waals surface area (Å²) >= 11 is 6.47. The number of benzene rings is 2. The molecule has 144 valence electrons. The van der Waals surface area contributed by atoms with Crippen molar-refractivity contribution in [2.45, 2.75) is 52.0 Å². The van der Waals surface area contributed by atoms with Gasteiger partial charge in [0.1, 0.15) is 0 Å². The molecule has 0 fully saturated rings. The Hall–Kier alpha value is -1.82. The van der Waals surface area contributed by atoms with Gasteiger partial charge >= 0.3 is 0 Å². The van der Waals surface area contributed by atoms with Crippen molar-refractivity contribution in [2.24, 2.45) is 5.92 Å². The van der Waals surface area contributed by atoms with E-state index in [1.165, 1.54) is 5.56 Å². The third-order valence-electron chi connectivity index (χ3n) is 5.37. The molecule has 3 heteroatoms. The molecule has 27 heavy (non-hydrogen) atoms. The van der Waals surface area contributed by atoms with Gasteiger partial charge in [-0.05, 0) is 55.5 Å². The van der Waals surface area contributed by atoms with E-state index < -0.39 is 5.41 Å². The molecule has 0 amide bonds. The molecular weight excluding hydrogens is 352 g/mol. The van der Waals surface area contributed by atoms with Crippen LogP contribution in [0, 0.1) is 17.2 Å². The van der Waals surface area contributed by atoms with Crippen molar-refractivity contribution >= 4 is 11.6 Å². The maximum absolute atomic E-state index is 10.1. The second-order valence-corrected chi connectivity index (χ2v) is 7.99. The van der Waals surface area contributed by atoms with Gasteiger partial charge in [0, 0.05) is 11.6 Å². The highest BCUT2D eigenvalue weighted by Crippen LogP contribution is 2.40. The molecule has 0 aliphatic heterocycles. The summed E-state index contributed by atoms with van der Waals surface area (Å²) in [6.07, 6.45) is 2.93. The standard InChI is InChI=1S/C24H31ClN2/c1-4-16-27(18-21-11-6-5-7-12-21)17-10-15-24(19-26,20(2)3)22-13-8-9-14-23(22)25/h5-9,11-14,20H,4,10,15-18H2,1-3H3. The van der Waals surface area contributed by atoms with Gasteiger partial charge in [0.25, 0.3) is 0 Å². The Morgan fingerprint density at radius 2 is 1.70 bits per heavy atom. The van der Waals surface area contributed by atoms with Crippen molar-refractivity contribution < 1.29 is 0 Å². The first-order valence-electron chi connectivity index (χ1n) is 9.96. The second kappa shape index (κ2) is 10.5. The van der Waals surface area contributed by atoms with Gasteiger partial charge in [0.15, 0.2) is 0 Å². The molecule has 0 aliphatic carbocycles. The lowest BCUT2D eigenvalue weighted by atomic mass is 9.70. The van der Waals surface area contributed by atoms with Crippen molar-refractivity contribution in [2.75, 3.05) is 13.1 Å². The number of hydrogen-bond acceptors (Lipinski definition) is 2. The minimum atomic E-state index is -0.539. The lowest BCUT2D eigenvalue weighted by Gasteiger charge is -2.33. The average Bonchev–Trinajstić information content (AvgIpc) is 2.67. The van der Waals surface area contributed by atoms with Gasteiger partial charge in [-0.3, -0.25) is 4.90 Å². The number of nitriles is 1. The number of rotatable bonds is 10. The van der Waals surface area contributed by atoms with E-state index in [0.29, 0.717) is 5.02 Å². The molecule has 0 aromatic heterocycles. The molecule has 1 unspecified atom stereocenters. The molecule has 0 heterocycles. The zero-order valence-electron chi connectivity index (χ0n) is 16.8. The summed E-state index contributed by atoms with van der Waals surface area (Å²) in [4.78, 5) is 2.49. The lowest BCUT2D eigenvalue weighted by molar-refractivity contribution is 0.244. The first kappa shape index (κ1) is 21.5. The van der Waals surface area contributed by atoms with E-state index >= 15 is 0 Å². The van der Waals surface area contributed by atoms with Crippen molar-refractivity contribution in [3.8, 4) is 6.07 Å². The normalized spacial score (nSPS) is 13.5. The molecule has 0 saturated carbocycles. The lowest BCUT2D eigenvalue weighted by Crippen LogP contribution is -2.33. The van der Waals surface area contributed by atoms with Gasteiger partial charge in [-0.1, -0.05) is 80.9 Å². The van der Waals surface area contributed by atoms with Crippen LogP contribution < -0.4 is 0 Å². The average molecular weight is 383 g/mol. The maximum atomic E-state index is 10.1. The van der Waals surface area contributed by atoms with E-state index in [0.717, 1.165) is 44.5 Å². The van der Waals surface area contributed by atoms with E-state index in [2.05, 4.69) is 62.1 Å². The zero-order chi connectivity index (χ0) is 19.7. The molecule has 0 bridgehead atoms. The number of nitrogens with zero attached hydrogens (tertiary/aromatic N) is 2. The fourth-order valence-electron chi connectivity index (χ4n) is 3.81. The number of hydrogen-bond donors (Lipinski definition) is 0. The summed E-state index contributed by atoms with van der Waals surface area (Å²) in [6, 6.07) is 21.0. The van der Waals surface area contributed by atoms with Crippen molar-refractivity contribution in [3.05, 3.63) is 70.7 Å². The Labute approximate surface area is 169 Å². The monoisotopic (exact) mass is 382 g/mol. The molecule has 2 aromatic carbocycles. The molecular formula is C24H31ClN2. The predicted octanol–water partition coefficient (Wildman–Crippen LogP) is 6.45. The quantitative estimate of drug-likeness (QED) is 0.472. The van der Waals surface area contributed by atoms with Crippen molar-refractivity contribution in [1.82, 2.24) is 4.90 Å². The minimum Gasteiger partial charge on any atom is -0.299 e. The molecule has 0 aliphatic rings. The van der Waals surface area contributed by atoms with Crippen molar-refractivity contribution in [1.29, 1.82) is 5.26 Å². The Morgan fingerprint density at radius 3 is 2.30 bits per heavy atom. The van der Waals surface area contributed by atoms with Crippen LogP contribution >= 0.6 is 11.6 Å². The Balaban J connectivity index is 2.10. The molecule has 2 aromatic rings. The molecule has 0 saturated heterocycles. The van der Waals surface area contributed by atoms with Gasteiger partial charge in [0.05, 0.1) is 11.5 Å².